The second-order valence-electron chi connectivity index (χ2n) is 4.62. The number of aromatic nitrogens is 4. The van der Waals surface area contributed by atoms with Crippen molar-refractivity contribution < 1.29 is 0 Å². The van der Waals surface area contributed by atoms with Gasteiger partial charge in [-0.15, -0.1) is 11.6 Å². The average Bonchev–Trinajstić information content (AvgIpc) is 2.97. The Hall–Kier alpha value is -1.52. The summed E-state index contributed by atoms with van der Waals surface area (Å²) in [5.41, 5.74) is 1.84. The highest BCUT2D eigenvalue weighted by atomic mass is 35.5. The summed E-state index contributed by atoms with van der Waals surface area (Å²) in [4.78, 5) is 9.00. The Labute approximate surface area is 127 Å². The normalized spacial score (nSPS) is 11.3. The lowest BCUT2D eigenvalue weighted by Crippen LogP contribution is -2.10. The van der Waals surface area contributed by atoms with Gasteiger partial charge in [0.1, 0.15) is 11.6 Å². The van der Waals surface area contributed by atoms with Crippen LogP contribution in [0.1, 0.15) is 11.6 Å². The van der Waals surface area contributed by atoms with Gasteiger partial charge in [-0.05, 0) is 12.1 Å². The Kier molecular flexibility index (Phi) is 3.68. The number of halogens is 2. The molecule has 0 aliphatic carbocycles. The Bertz CT molecular complexity index is 745. The molecule has 0 aliphatic heterocycles. The van der Waals surface area contributed by atoms with Crippen molar-refractivity contribution >= 4 is 34.2 Å². The molecule has 0 atom stereocenters. The highest BCUT2D eigenvalue weighted by Gasteiger charge is 2.14. The molecule has 0 N–H and O–H groups in total. The molecular weight excluding hydrogens is 295 g/mol. The molecule has 0 fully saturated rings. The standard InChI is InChI=1S/C14H14Cl2N4/c1-19-8-7-17-13(19)9-20-12(5-6-15)18-11-4-2-3-10(16)14(11)20/h2-4,7-8H,5-6,9H2,1H3. The molecule has 0 spiro atoms. The van der Waals surface area contributed by atoms with Crippen molar-refractivity contribution in [3.05, 3.63) is 47.3 Å². The molecule has 0 radical (unpaired) electrons. The van der Waals surface area contributed by atoms with E-state index in [4.69, 9.17) is 23.2 Å². The van der Waals surface area contributed by atoms with Gasteiger partial charge in [0.15, 0.2) is 0 Å². The van der Waals surface area contributed by atoms with E-state index in [-0.39, 0.29) is 0 Å². The van der Waals surface area contributed by atoms with Crippen LogP contribution in [0.5, 0.6) is 0 Å². The zero-order chi connectivity index (χ0) is 14.1. The molecule has 0 saturated heterocycles. The molecule has 2 heterocycles. The van der Waals surface area contributed by atoms with E-state index in [9.17, 15) is 0 Å². The maximum absolute atomic E-state index is 6.33. The molecule has 3 rings (SSSR count). The topological polar surface area (TPSA) is 35.6 Å². The Balaban J connectivity index is 2.15. The first-order valence-corrected chi connectivity index (χ1v) is 7.27. The van der Waals surface area contributed by atoms with Gasteiger partial charge in [0.05, 0.1) is 22.6 Å². The first-order valence-electron chi connectivity index (χ1n) is 6.36. The van der Waals surface area contributed by atoms with Crippen molar-refractivity contribution in [1.29, 1.82) is 0 Å². The van der Waals surface area contributed by atoms with Gasteiger partial charge in [-0.2, -0.15) is 0 Å². The summed E-state index contributed by atoms with van der Waals surface area (Å²) in [6, 6.07) is 5.76. The maximum atomic E-state index is 6.33. The van der Waals surface area contributed by atoms with Gasteiger partial charge < -0.3 is 9.13 Å². The minimum absolute atomic E-state index is 0.529. The van der Waals surface area contributed by atoms with Gasteiger partial charge in [-0.1, -0.05) is 17.7 Å². The lowest BCUT2D eigenvalue weighted by molar-refractivity contribution is 0.682. The molecule has 4 nitrogen and oxygen atoms in total. The van der Waals surface area contributed by atoms with Crippen LogP contribution < -0.4 is 0 Å². The Morgan fingerprint density at radius 1 is 1.25 bits per heavy atom. The van der Waals surface area contributed by atoms with Gasteiger partial charge in [0.2, 0.25) is 0 Å². The third-order valence-corrected chi connectivity index (χ3v) is 3.83. The molecule has 0 unspecified atom stereocenters. The minimum Gasteiger partial charge on any atom is -0.337 e. The number of rotatable bonds is 4. The molecule has 1 aromatic carbocycles. The number of aryl methyl sites for hydroxylation is 2. The van der Waals surface area contributed by atoms with Gasteiger partial charge in [-0.25, -0.2) is 9.97 Å². The first-order chi connectivity index (χ1) is 9.70. The van der Waals surface area contributed by atoms with E-state index < -0.39 is 0 Å². The monoisotopic (exact) mass is 308 g/mol. The molecule has 104 valence electrons. The van der Waals surface area contributed by atoms with Crippen LogP contribution in [0.4, 0.5) is 0 Å². The summed E-state index contributed by atoms with van der Waals surface area (Å²) in [6.07, 6.45) is 4.42. The van der Waals surface area contributed by atoms with Crippen LogP contribution in [0.15, 0.2) is 30.6 Å². The predicted molar refractivity (Wildman–Crippen MR) is 81.5 cm³/mol. The van der Waals surface area contributed by atoms with E-state index in [0.717, 1.165) is 22.7 Å². The predicted octanol–water partition coefficient (Wildman–Crippen LogP) is 3.25. The van der Waals surface area contributed by atoms with Crippen molar-refractivity contribution in [2.45, 2.75) is 13.0 Å². The van der Waals surface area contributed by atoms with Crippen LogP contribution in [0.25, 0.3) is 11.0 Å². The lowest BCUT2D eigenvalue weighted by atomic mass is 10.3. The number of hydrogen-bond donors (Lipinski definition) is 0. The molecule has 0 saturated carbocycles. The van der Waals surface area contributed by atoms with Crippen LogP contribution in [0.3, 0.4) is 0 Å². The summed E-state index contributed by atoms with van der Waals surface area (Å²) < 4.78 is 4.09. The molecule has 6 heteroatoms. The number of fused-ring (bicyclic) bond motifs is 1. The fourth-order valence-electron chi connectivity index (χ4n) is 2.33. The number of hydrogen-bond acceptors (Lipinski definition) is 2. The first kappa shape index (κ1) is 13.5. The number of alkyl halides is 1. The van der Waals surface area contributed by atoms with Crippen LogP contribution >= 0.6 is 23.2 Å². The van der Waals surface area contributed by atoms with Crippen molar-refractivity contribution in [2.75, 3.05) is 5.88 Å². The van der Waals surface area contributed by atoms with Gasteiger partial charge in [0, 0.05) is 31.7 Å². The van der Waals surface area contributed by atoms with E-state index in [1.165, 1.54) is 0 Å². The SMILES string of the molecule is Cn1ccnc1Cn1c(CCCl)nc2cccc(Cl)c21. The third kappa shape index (κ3) is 2.30. The number of benzene rings is 1. The molecule has 0 amide bonds. The largest absolute Gasteiger partial charge is 0.337 e. The zero-order valence-electron chi connectivity index (χ0n) is 11.1. The van der Waals surface area contributed by atoms with Crippen molar-refractivity contribution in [2.24, 2.45) is 7.05 Å². The second kappa shape index (κ2) is 5.46. The van der Waals surface area contributed by atoms with Crippen LogP contribution in [-0.4, -0.2) is 25.0 Å². The average molecular weight is 309 g/mol. The number of para-hydroxylation sites is 1. The van der Waals surface area contributed by atoms with E-state index in [0.29, 0.717) is 23.9 Å². The summed E-state index contributed by atoms with van der Waals surface area (Å²) in [5, 5.41) is 0.699. The fraction of sp³-hybridized carbons (Fsp3) is 0.286. The summed E-state index contributed by atoms with van der Waals surface area (Å²) in [5.74, 6) is 2.42. The van der Waals surface area contributed by atoms with Crippen molar-refractivity contribution in [1.82, 2.24) is 19.1 Å². The molecule has 20 heavy (non-hydrogen) atoms. The van der Waals surface area contributed by atoms with E-state index in [1.807, 2.05) is 36.0 Å². The van der Waals surface area contributed by atoms with E-state index >= 15 is 0 Å². The van der Waals surface area contributed by atoms with Crippen LogP contribution in [0.2, 0.25) is 5.02 Å². The highest BCUT2D eigenvalue weighted by molar-refractivity contribution is 6.35. The maximum Gasteiger partial charge on any atom is 0.128 e. The second-order valence-corrected chi connectivity index (χ2v) is 5.40. The van der Waals surface area contributed by atoms with E-state index in [1.54, 1.807) is 6.20 Å². The summed E-state index contributed by atoms with van der Waals surface area (Å²) in [7, 11) is 1.98. The molecule has 3 aromatic rings. The lowest BCUT2D eigenvalue weighted by Gasteiger charge is -2.09. The Morgan fingerprint density at radius 3 is 2.80 bits per heavy atom. The van der Waals surface area contributed by atoms with Crippen LogP contribution in [-0.2, 0) is 20.0 Å². The van der Waals surface area contributed by atoms with Crippen molar-refractivity contribution in [3.8, 4) is 0 Å². The van der Waals surface area contributed by atoms with Gasteiger partial charge in [-0.3, -0.25) is 0 Å². The smallest absolute Gasteiger partial charge is 0.128 e. The van der Waals surface area contributed by atoms with Gasteiger partial charge in [0.25, 0.3) is 0 Å². The summed E-state index contributed by atoms with van der Waals surface area (Å²) in [6.45, 7) is 0.635. The zero-order valence-corrected chi connectivity index (χ0v) is 12.6. The minimum atomic E-state index is 0.529. The van der Waals surface area contributed by atoms with Crippen molar-refractivity contribution in [3.63, 3.8) is 0 Å². The molecule has 0 aliphatic rings. The fourth-order valence-corrected chi connectivity index (χ4v) is 2.77. The quantitative estimate of drug-likeness (QED) is 0.694. The molecule has 2 aromatic heterocycles. The number of imidazole rings is 2. The number of nitrogens with zero attached hydrogens (tertiary/aromatic N) is 4. The third-order valence-electron chi connectivity index (χ3n) is 3.34. The molecular formula is C14H14Cl2N4. The van der Waals surface area contributed by atoms with Crippen LogP contribution in [0, 0.1) is 0 Å². The highest BCUT2D eigenvalue weighted by Crippen LogP contribution is 2.25. The van der Waals surface area contributed by atoms with Gasteiger partial charge >= 0.3 is 0 Å². The van der Waals surface area contributed by atoms with E-state index in [2.05, 4.69) is 14.5 Å². The summed E-state index contributed by atoms with van der Waals surface area (Å²) >= 11 is 12.2. The molecule has 0 bridgehead atoms. The Morgan fingerprint density at radius 2 is 2.10 bits per heavy atom.